The first-order valence-electron chi connectivity index (χ1n) is 6.95. The number of nitrogens with one attached hydrogen (secondary N) is 1. The Morgan fingerprint density at radius 2 is 2.24 bits per heavy atom. The molecule has 21 heavy (non-hydrogen) atoms. The minimum Gasteiger partial charge on any atom is -0.482 e. The van der Waals surface area contributed by atoms with Gasteiger partial charge in [0.15, 0.2) is 6.61 Å². The van der Waals surface area contributed by atoms with Gasteiger partial charge in [-0.15, -0.1) is 0 Å². The number of amides is 1. The monoisotopic (exact) mass is 314 g/mol. The van der Waals surface area contributed by atoms with Crippen LogP contribution in [0.4, 0.5) is 0 Å². The lowest BCUT2D eigenvalue weighted by atomic mass is 10.1. The molecule has 0 radical (unpaired) electrons. The molecule has 1 aromatic carbocycles. The highest BCUT2D eigenvalue weighted by molar-refractivity contribution is 6.32. The van der Waals surface area contributed by atoms with Gasteiger partial charge in [0.1, 0.15) is 5.75 Å². The van der Waals surface area contributed by atoms with Gasteiger partial charge in [-0.1, -0.05) is 17.7 Å². The summed E-state index contributed by atoms with van der Waals surface area (Å²) in [6.07, 6.45) is 1.52. The summed E-state index contributed by atoms with van der Waals surface area (Å²) >= 11 is 6.13. The minimum atomic E-state index is -0.179. The standard InChI is InChI=1S/C15H23ClN2O3/c1-11(17)8-12-4-5-14(13(16)9-12)21-10-15(19)18-6-3-7-20-2/h4-5,9,11H,3,6-8,10,17H2,1-2H3,(H,18,19). The Labute approximate surface area is 130 Å². The Hall–Kier alpha value is -1.30. The van der Waals surface area contributed by atoms with E-state index in [4.69, 9.17) is 26.8 Å². The van der Waals surface area contributed by atoms with Crippen LogP contribution in [0.2, 0.25) is 5.02 Å². The average molecular weight is 315 g/mol. The van der Waals surface area contributed by atoms with E-state index < -0.39 is 0 Å². The predicted molar refractivity (Wildman–Crippen MR) is 83.8 cm³/mol. The summed E-state index contributed by atoms with van der Waals surface area (Å²) in [7, 11) is 1.63. The van der Waals surface area contributed by atoms with Gasteiger partial charge >= 0.3 is 0 Å². The molecule has 3 N–H and O–H groups in total. The molecule has 118 valence electrons. The second-order valence-corrected chi connectivity index (χ2v) is 5.34. The lowest BCUT2D eigenvalue weighted by molar-refractivity contribution is -0.123. The number of nitrogens with two attached hydrogens (primary N) is 1. The van der Waals surface area contributed by atoms with E-state index in [1.165, 1.54) is 0 Å². The van der Waals surface area contributed by atoms with E-state index in [-0.39, 0.29) is 18.6 Å². The molecule has 0 aliphatic heterocycles. The van der Waals surface area contributed by atoms with Crippen LogP contribution in [0.5, 0.6) is 5.75 Å². The van der Waals surface area contributed by atoms with Crippen molar-refractivity contribution in [1.29, 1.82) is 0 Å². The lowest BCUT2D eigenvalue weighted by Crippen LogP contribution is -2.30. The molecular weight excluding hydrogens is 292 g/mol. The lowest BCUT2D eigenvalue weighted by Gasteiger charge is -2.11. The third-order valence-corrected chi connectivity index (χ3v) is 3.06. The van der Waals surface area contributed by atoms with Crippen molar-refractivity contribution in [3.63, 3.8) is 0 Å². The molecule has 0 fully saturated rings. The zero-order valence-electron chi connectivity index (χ0n) is 12.5. The van der Waals surface area contributed by atoms with Crippen LogP contribution in [0.15, 0.2) is 18.2 Å². The maximum Gasteiger partial charge on any atom is 0.257 e. The summed E-state index contributed by atoms with van der Waals surface area (Å²) in [6, 6.07) is 5.56. The van der Waals surface area contributed by atoms with Gasteiger partial charge in [-0.25, -0.2) is 0 Å². The van der Waals surface area contributed by atoms with Gasteiger partial charge < -0.3 is 20.5 Å². The Bertz CT molecular complexity index is 453. The number of hydrogen-bond acceptors (Lipinski definition) is 4. The van der Waals surface area contributed by atoms with E-state index in [1.807, 2.05) is 19.1 Å². The topological polar surface area (TPSA) is 73.6 Å². The first kappa shape index (κ1) is 17.8. The Morgan fingerprint density at radius 3 is 2.86 bits per heavy atom. The number of carbonyl (C=O) groups excluding carboxylic acids is 1. The number of hydrogen-bond donors (Lipinski definition) is 2. The first-order valence-corrected chi connectivity index (χ1v) is 7.33. The number of benzene rings is 1. The van der Waals surface area contributed by atoms with Crippen LogP contribution in [0.25, 0.3) is 0 Å². The molecule has 0 spiro atoms. The molecule has 0 saturated heterocycles. The Morgan fingerprint density at radius 1 is 1.48 bits per heavy atom. The quantitative estimate of drug-likeness (QED) is 0.681. The van der Waals surface area contributed by atoms with Gasteiger partial charge in [-0.2, -0.15) is 0 Å². The number of methoxy groups -OCH3 is 1. The van der Waals surface area contributed by atoms with E-state index in [1.54, 1.807) is 13.2 Å². The molecule has 6 heteroatoms. The molecule has 0 aliphatic carbocycles. The molecule has 1 unspecified atom stereocenters. The third kappa shape index (κ3) is 7.32. The van der Waals surface area contributed by atoms with E-state index in [9.17, 15) is 4.79 Å². The molecule has 0 saturated carbocycles. The summed E-state index contributed by atoms with van der Waals surface area (Å²) in [5.41, 5.74) is 6.79. The second-order valence-electron chi connectivity index (χ2n) is 4.93. The fraction of sp³-hybridized carbons (Fsp3) is 0.533. The number of rotatable bonds is 9. The predicted octanol–water partition coefficient (Wildman–Crippen LogP) is 1.76. The molecule has 0 aliphatic rings. The van der Waals surface area contributed by atoms with Crippen molar-refractivity contribution in [3.05, 3.63) is 28.8 Å². The highest BCUT2D eigenvalue weighted by Crippen LogP contribution is 2.25. The average Bonchev–Trinajstić information content (AvgIpc) is 2.42. The highest BCUT2D eigenvalue weighted by atomic mass is 35.5. The van der Waals surface area contributed by atoms with Crippen molar-refractivity contribution >= 4 is 17.5 Å². The van der Waals surface area contributed by atoms with Crippen LogP contribution < -0.4 is 15.8 Å². The van der Waals surface area contributed by atoms with E-state index in [0.29, 0.717) is 23.9 Å². The number of ether oxygens (including phenoxy) is 2. The highest BCUT2D eigenvalue weighted by Gasteiger charge is 2.07. The van der Waals surface area contributed by atoms with Crippen LogP contribution in [0.1, 0.15) is 18.9 Å². The summed E-state index contributed by atoms with van der Waals surface area (Å²) < 4.78 is 10.3. The molecule has 1 amide bonds. The fourth-order valence-corrected chi connectivity index (χ4v) is 2.06. The summed E-state index contributed by atoms with van der Waals surface area (Å²) in [5.74, 6) is 0.318. The molecule has 1 aromatic rings. The van der Waals surface area contributed by atoms with Gasteiger partial charge in [-0.3, -0.25) is 4.79 Å². The SMILES string of the molecule is COCCCNC(=O)COc1ccc(CC(C)N)cc1Cl. The van der Waals surface area contributed by atoms with Gasteiger partial charge in [0, 0.05) is 26.3 Å². The zero-order valence-corrected chi connectivity index (χ0v) is 13.3. The Balaban J connectivity index is 2.39. The maximum absolute atomic E-state index is 11.6. The van der Waals surface area contributed by atoms with E-state index >= 15 is 0 Å². The van der Waals surface area contributed by atoms with Crippen LogP contribution in [0, 0.1) is 0 Å². The summed E-state index contributed by atoms with van der Waals surface area (Å²) in [6.45, 7) is 3.07. The van der Waals surface area contributed by atoms with Gasteiger partial charge in [-0.05, 0) is 37.5 Å². The van der Waals surface area contributed by atoms with Crippen LogP contribution >= 0.6 is 11.6 Å². The summed E-state index contributed by atoms with van der Waals surface area (Å²) in [5, 5.41) is 3.23. The van der Waals surface area contributed by atoms with Crippen molar-refractivity contribution in [2.24, 2.45) is 5.73 Å². The molecule has 1 atom stereocenters. The molecule has 1 rings (SSSR count). The number of carbonyl (C=O) groups is 1. The van der Waals surface area contributed by atoms with Gasteiger partial charge in [0.05, 0.1) is 5.02 Å². The van der Waals surface area contributed by atoms with E-state index in [0.717, 1.165) is 18.4 Å². The van der Waals surface area contributed by atoms with Crippen molar-refractivity contribution in [2.75, 3.05) is 26.9 Å². The van der Waals surface area contributed by atoms with Crippen molar-refractivity contribution in [1.82, 2.24) is 5.32 Å². The molecule has 0 heterocycles. The molecule has 0 bridgehead atoms. The van der Waals surface area contributed by atoms with Crippen molar-refractivity contribution in [2.45, 2.75) is 25.8 Å². The van der Waals surface area contributed by atoms with E-state index in [2.05, 4.69) is 5.32 Å². The second kappa shape index (κ2) is 9.60. The van der Waals surface area contributed by atoms with Gasteiger partial charge in [0.25, 0.3) is 5.91 Å². The Kier molecular flexibility index (Phi) is 8.12. The first-order chi connectivity index (χ1) is 10.0. The normalized spacial score (nSPS) is 12.0. The minimum absolute atomic E-state index is 0.0562. The zero-order chi connectivity index (χ0) is 15.7. The van der Waals surface area contributed by atoms with Gasteiger partial charge in [0.2, 0.25) is 0 Å². The molecular formula is C15H23ClN2O3. The van der Waals surface area contributed by atoms with Crippen LogP contribution in [-0.2, 0) is 16.0 Å². The molecule has 5 nitrogen and oxygen atoms in total. The van der Waals surface area contributed by atoms with Crippen molar-refractivity contribution < 1.29 is 14.3 Å². The summed E-state index contributed by atoms with van der Waals surface area (Å²) in [4.78, 5) is 11.6. The smallest absolute Gasteiger partial charge is 0.257 e. The third-order valence-electron chi connectivity index (χ3n) is 2.76. The van der Waals surface area contributed by atoms with Crippen LogP contribution in [-0.4, -0.2) is 38.8 Å². The maximum atomic E-state index is 11.6. The van der Waals surface area contributed by atoms with Crippen molar-refractivity contribution in [3.8, 4) is 5.75 Å². The van der Waals surface area contributed by atoms with Crippen LogP contribution in [0.3, 0.4) is 0 Å². The fourth-order valence-electron chi connectivity index (χ4n) is 1.80. The molecule has 0 aromatic heterocycles. The number of halogens is 1. The largest absolute Gasteiger partial charge is 0.482 e.